The maximum atomic E-state index is 12.8. The molecule has 7 nitrogen and oxygen atoms in total. The number of aryl methyl sites for hydroxylation is 1. The number of carbonyl (C=O) groups is 1. The van der Waals surface area contributed by atoms with E-state index in [1.165, 1.54) is 6.07 Å². The standard InChI is InChI=1S/C19H15ClN4O3S/c1-11-5-6-12(7-17(11)24(26)27)19(25)21-18-15-9-28-10-16(15)22-23(18)14-4-2-3-13(20)8-14/h2-8H,9-10H2,1H3,(H,21,25). The number of halogens is 1. The Labute approximate surface area is 169 Å². The van der Waals surface area contributed by atoms with Crippen molar-refractivity contribution in [3.63, 3.8) is 0 Å². The number of fused-ring (bicyclic) bond motifs is 1. The second kappa shape index (κ2) is 7.29. The van der Waals surface area contributed by atoms with E-state index in [-0.39, 0.29) is 11.3 Å². The Bertz CT molecular complexity index is 1110. The number of nitro benzene ring substituents is 1. The van der Waals surface area contributed by atoms with Crippen LogP contribution < -0.4 is 5.32 Å². The van der Waals surface area contributed by atoms with Crippen LogP contribution in [0.2, 0.25) is 5.02 Å². The molecule has 1 aliphatic heterocycles. The molecule has 2 aromatic carbocycles. The van der Waals surface area contributed by atoms with Gasteiger partial charge in [0, 0.05) is 39.3 Å². The molecule has 0 fully saturated rings. The van der Waals surface area contributed by atoms with Crippen LogP contribution in [0.4, 0.5) is 11.5 Å². The summed E-state index contributed by atoms with van der Waals surface area (Å²) in [4.78, 5) is 23.5. The van der Waals surface area contributed by atoms with Gasteiger partial charge in [-0.1, -0.05) is 23.7 Å². The molecular formula is C19H15ClN4O3S. The third-order valence-corrected chi connectivity index (χ3v) is 5.71. The zero-order chi connectivity index (χ0) is 19.8. The Kier molecular flexibility index (Phi) is 4.82. The molecule has 3 aromatic rings. The highest BCUT2D eigenvalue weighted by Crippen LogP contribution is 2.36. The number of aromatic nitrogens is 2. The average Bonchev–Trinajstić information content (AvgIpc) is 3.24. The van der Waals surface area contributed by atoms with E-state index in [9.17, 15) is 14.9 Å². The zero-order valence-corrected chi connectivity index (χ0v) is 16.4. The summed E-state index contributed by atoms with van der Waals surface area (Å²) in [5, 5.41) is 19.3. The monoisotopic (exact) mass is 414 g/mol. The van der Waals surface area contributed by atoms with Gasteiger partial charge in [-0.05, 0) is 31.2 Å². The number of amides is 1. The second-order valence-corrected chi connectivity index (χ2v) is 7.79. The first-order valence-corrected chi connectivity index (χ1v) is 9.98. The number of thioether (sulfide) groups is 1. The van der Waals surface area contributed by atoms with Gasteiger partial charge in [0.2, 0.25) is 0 Å². The summed E-state index contributed by atoms with van der Waals surface area (Å²) in [6.45, 7) is 1.64. The van der Waals surface area contributed by atoms with Crippen molar-refractivity contribution >= 4 is 40.8 Å². The van der Waals surface area contributed by atoms with Crippen LogP contribution in [0.1, 0.15) is 27.2 Å². The number of hydrogen-bond acceptors (Lipinski definition) is 5. The van der Waals surface area contributed by atoms with Gasteiger partial charge in [-0.3, -0.25) is 14.9 Å². The van der Waals surface area contributed by atoms with Gasteiger partial charge in [-0.25, -0.2) is 4.68 Å². The smallest absolute Gasteiger partial charge is 0.273 e. The Morgan fingerprint density at radius 2 is 2.11 bits per heavy atom. The fourth-order valence-corrected chi connectivity index (χ4v) is 4.28. The van der Waals surface area contributed by atoms with Crippen molar-refractivity contribution in [3.8, 4) is 5.69 Å². The summed E-state index contributed by atoms with van der Waals surface area (Å²) >= 11 is 7.83. The average molecular weight is 415 g/mol. The molecule has 2 heterocycles. The van der Waals surface area contributed by atoms with Gasteiger partial charge < -0.3 is 5.32 Å². The van der Waals surface area contributed by atoms with Gasteiger partial charge in [0.1, 0.15) is 5.82 Å². The maximum absolute atomic E-state index is 12.8. The molecule has 142 valence electrons. The predicted molar refractivity (Wildman–Crippen MR) is 109 cm³/mol. The normalized spacial score (nSPS) is 12.6. The summed E-state index contributed by atoms with van der Waals surface area (Å²) in [5.41, 5.74) is 3.24. The molecule has 4 rings (SSSR count). The van der Waals surface area contributed by atoms with Crippen LogP contribution in [0.25, 0.3) is 5.69 Å². The number of nitrogens with one attached hydrogen (secondary N) is 1. The van der Waals surface area contributed by atoms with Crippen LogP contribution in [0.15, 0.2) is 42.5 Å². The molecule has 1 aliphatic rings. The van der Waals surface area contributed by atoms with E-state index in [2.05, 4.69) is 10.4 Å². The Hall–Kier alpha value is -2.84. The van der Waals surface area contributed by atoms with E-state index in [1.54, 1.807) is 47.6 Å². The lowest BCUT2D eigenvalue weighted by molar-refractivity contribution is -0.385. The quantitative estimate of drug-likeness (QED) is 0.491. The molecule has 1 amide bonds. The Morgan fingerprint density at radius 1 is 1.29 bits per heavy atom. The largest absolute Gasteiger partial charge is 0.306 e. The molecule has 1 N–H and O–H groups in total. The van der Waals surface area contributed by atoms with Crippen molar-refractivity contribution in [3.05, 3.63) is 80.0 Å². The number of carbonyl (C=O) groups excluding carboxylic acids is 1. The topological polar surface area (TPSA) is 90.1 Å². The summed E-state index contributed by atoms with van der Waals surface area (Å²) in [6, 6.07) is 11.6. The molecular weight excluding hydrogens is 400 g/mol. The fourth-order valence-electron chi connectivity index (χ4n) is 3.06. The minimum atomic E-state index is -0.489. The first kappa shape index (κ1) is 18.5. The van der Waals surface area contributed by atoms with E-state index in [0.29, 0.717) is 16.4 Å². The maximum Gasteiger partial charge on any atom is 0.273 e. The summed E-state index contributed by atoms with van der Waals surface area (Å²) in [6.07, 6.45) is 0. The van der Waals surface area contributed by atoms with Crippen molar-refractivity contribution in [2.45, 2.75) is 18.4 Å². The molecule has 0 atom stereocenters. The van der Waals surface area contributed by atoms with Crippen molar-refractivity contribution in [1.29, 1.82) is 0 Å². The molecule has 0 radical (unpaired) electrons. The van der Waals surface area contributed by atoms with Gasteiger partial charge in [-0.15, -0.1) is 0 Å². The highest BCUT2D eigenvalue weighted by molar-refractivity contribution is 7.98. The molecule has 0 saturated carbocycles. The Morgan fingerprint density at radius 3 is 2.86 bits per heavy atom. The molecule has 0 bridgehead atoms. The number of anilines is 1. The molecule has 1 aromatic heterocycles. The van der Waals surface area contributed by atoms with Crippen LogP contribution in [-0.4, -0.2) is 20.6 Å². The molecule has 9 heteroatoms. The first-order chi connectivity index (χ1) is 13.4. The van der Waals surface area contributed by atoms with Crippen molar-refractivity contribution in [2.75, 3.05) is 5.32 Å². The van der Waals surface area contributed by atoms with Crippen LogP contribution >= 0.6 is 23.4 Å². The van der Waals surface area contributed by atoms with Crippen LogP contribution in [0.5, 0.6) is 0 Å². The van der Waals surface area contributed by atoms with Gasteiger partial charge in [-0.2, -0.15) is 16.9 Å². The number of nitrogens with zero attached hydrogens (tertiary/aromatic N) is 3. The summed E-state index contributed by atoms with van der Waals surface area (Å²) in [7, 11) is 0. The molecule has 0 spiro atoms. The number of rotatable bonds is 4. The van der Waals surface area contributed by atoms with E-state index < -0.39 is 10.8 Å². The lowest BCUT2D eigenvalue weighted by Crippen LogP contribution is -2.16. The highest BCUT2D eigenvalue weighted by Gasteiger charge is 2.25. The van der Waals surface area contributed by atoms with Gasteiger partial charge >= 0.3 is 0 Å². The molecule has 28 heavy (non-hydrogen) atoms. The number of hydrogen-bond donors (Lipinski definition) is 1. The Balaban J connectivity index is 1.73. The second-order valence-electron chi connectivity index (χ2n) is 6.37. The lowest BCUT2D eigenvalue weighted by atomic mass is 10.1. The summed E-state index contributed by atoms with van der Waals surface area (Å²) in [5.74, 6) is 1.64. The van der Waals surface area contributed by atoms with Crippen molar-refractivity contribution in [1.82, 2.24) is 9.78 Å². The van der Waals surface area contributed by atoms with Crippen LogP contribution in [-0.2, 0) is 11.5 Å². The first-order valence-electron chi connectivity index (χ1n) is 8.45. The van der Waals surface area contributed by atoms with E-state index in [1.807, 2.05) is 12.1 Å². The van der Waals surface area contributed by atoms with E-state index in [4.69, 9.17) is 11.6 Å². The van der Waals surface area contributed by atoms with E-state index in [0.717, 1.165) is 28.5 Å². The fraction of sp³-hybridized carbons (Fsp3) is 0.158. The highest BCUT2D eigenvalue weighted by atomic mass is 35.5. The minimum absolute atomic E-state index is 0.0863. The van der Waals surface area contributed by atoms with Gasteiger partial charge in [0.05, 0.1) is 16.3 Å². The summed E-state index contributed by atoms with van der Waals surface area (Å²) < 4.78 is 1.66. The number of nitro groups is 1. The van der Waals surface area contributed by atoms with Crippen molar-refractivity contribution in [2.24, 2.45) is 0 Å². The minimum Gasteiger partial charge on any atom is -0.306 e. The lowest BCUT2D eigenvalue weighted by Gasteiger charge is -2.11. The molecule has 0 saturated heterocycles. The molecule has 0 unspecified atom stereocenters. The van der Waals surface area contributed by atoms with E-state index >= 15 is 0 Å². The third kappa shape index (κ3) is 3.36. The zero-order valence-electron chi connectivity index (χ0n) is 14.8. The van der Waals surface area contributed by atoms with Crippen LogP contribution in [0, 0.1) is 17.0 Å². The van der Waals surface area contributed by atoms with Gasteiger partial charge in [0.15, 0.2) is 0 Å². The SMILES string of the molecule is Cc1ccc(C(=O)Nc2c3c(nn2-c2cccc(Cl)c2)CSC3)cc1[N+](=O)[O-]. The predicted octanol–water partition coefficient (Wildman–Crippen LogP) is 4.74. The molecule has 0 aliphatic carbocycles. The van der Waals surface area contributed by atoms with Crippen LogP contribution in [0.3, 0.4) is 0 Å². The van der Waals surface area contributed by atoms with Crippen molar-refractivity contribution < 1.29 is 9.72 Å². The number of benzene rings is 2. The third-order valence-electron chi connectivity index (χ3n) is 4.50. The van der Waals surface area contributed by atoms with Gasteiger partial charge in [0.25, 0.3) is 11.6 Å².